The van der Waals surface area contributed by atoms with E-state index in [4.69, 9.17) is 9.15 Å². The fourth-order valence-corrected chi connectivity index (χ4v) is 3.82. The fraction of sp³-hybridized carbons (Fsp3) is 0.346. The van der Waals surface area contributed by atoms with E-state index in [1.807, 2.05) is 31.2 Å². The zero-order chi connectivity index (χ0) is 23.4. The number of anilines is 1. The highest BCUT2D eigenvalue weighted by Gasteiger charge is 2.18. The van der Waals surface area contributed by atoms with E-state index in [0.29, 0.717) is 35.4 Å². The first-order chi connectivity index (χ1) is 15.9. The molecule has 2 amide bonds. The summed E-state index contributed by atoms with van der Waals surface area (Å²) in [6.07, 6.45) is 3.43. The molecule has 0 fully saturated rings. The van der Waals surface area contributed by atoms with Crippen molar-refractivity contribution in [2.75, 3.05) is 11.9 Å². The van der Waals surface area contributed by atoms with Crippen molar-refractivity contribution in [2.24, 2.45) is 5.92 Å². The molecule has 0 saturated carbocycles. The first kappa shape index (κ1) is 22.6. The summed E-state index contributed by atoms with van der Waals surface area (Å²) < 4.78 is 11.2. The lowest BCUT2D eigenvalue weighted by Crippen LogP contribution is -2.28. The molecular formula is C26H29N3O4. The summed E-state index contributed by atoms with van der Waals surface area (Å²) >= 11 is 0. The standard InChI is InChI=1S/C26H29N3O4/c1-16(2)12-18-4-6-19(7-5-18)23-14-27-26(33-23)11-10-24(30)28-17(3)20-8-9-22-21(13-20)29-25(31)15-32-22/h4-9,13-14,16-17H,10-12,15H2,1-3H3,(H,28,30)(H,29,31). The Morgan fingerprint density at radius 2 is 1.94 bits per heavy atom. The number of hydrogen-bond donors (Lipinski definition) is 2. The second kappa shape index (κ2) is 9.90. The average molecular weight is 448 g/mol. The van der Waals surface area contributed by atoms with Gasteiger partial charge < -0.3 is 19.8 Å². The topological polar surface area (TPSA) is 93.5 Å². The molecular weight excluding hydrogens is 418 g/mol. The largest absolute Gasteiger partial charge is 0.482 e. The molecule has 0 saturated heterocycles. The van der Waals surface area contributed by atoms with E-state index in [1.54, 1.807) is 12.3 Å². The third kappa shape index (κ3) is 5.80. The summed E-state index contributed by atoms with van der Waals surface area (Å²) in [7, 11) is 0. The molecule has 0 bridgehead atoms. The molecule has 0 radical (unpaired) electrons. The molecule has 7 heteroatoms. The highest BCUT2D eigenvalue weighted by molar-refractivity contribution is 5.95. The molecule has 2 heterocycles. The molecule has 1 atom stereocenters. The van der Waals surface area contributed by atoms with E-state index in [2.05, 4.69) is 41.6 Å². The molecule has 4 rings (SSSR count). The zero-order valence-electron chi connectivity index (χ0n) is 19.2. The SMILES string of the molecule is CC(C)Cc1ccc(-c2cnc(CCC(=O)NC(C)c3ccc4c(c3)NC(=O)CO4)o2)cc1. The van der Waals surface area contributed by atoms with Gasteiger partial charge in [-0.25, -0.2) is 4.98 Å². The molecule has 0 aliphatic carbocycles. The van der Waals surface area contributed by atoms with Gasteiger partial charge in [0.25, 0.3) is 5.91 Å². The predicted octanol–water partition coefficient (Wildman–Crippen LogP) is 4.68. The molecule has 2 N–H and O–H groups in total. The van der Waals surface area contributed by atoms with Crippen molar-refractivity contribution in [1.82, 2.24) is 10.3 Å². The minimum absolute atomic E-state index is 0.0185. The summed E-state index contributed by atoms with van der Waals surface area (Å²) in [4.78, 5) is 28.3. The number of nitrogens with one attached hydrogen (secondary N) is 2. The highest BCUT2D eigenvalue weighted by atomic mass is 16.5. The number of hydrogen-bond acceptors (Lipinski definition) is 5. The van der Waals surface area contributed by atoms with Gasteiger partial charge >= 0.3 is 0 Å². The van der Waals surface area contributed by atoms with Crippen molar-refractivity contribution in [1.29, 1.82) is 0 Å². The third-order valence-electron chi connectivity index (χ3n) is 5.52. The van der Waals surface area contributed by atoms with Crippen LogP contribution in [0.4, 0.5) is 5.69 Å². The number of carbonyl (C=O) groups is 2. The maximum Gasteiger partial charge on any atom is 0.262 e. The lowest BCUT2D eigenvalue weighted by atomic mass is 10.0. The number of amides is 2. The average Bonchev–Trinajstić information content (AvgIpc) is 3.26. The molecule has 0 spiro atoms. The minimum atomic E-state index is -0.217. The Morgan fingerprint density at radius 1 is 1.15 bits per heavy atom. The zero-order valence-corrected chi connectivity index (χ0v) is 19.2. The predicted molar refractivity (Wildman–Crippen MR) is 126 cm³/mol. The van der Waals surface area contributed by atoms with E-state index >= 15 is 0 Å². The molecule has 33 heavy (non-hydrogen) atoms. The fourth-order valence-electron chi connectivity index (χ4n) is 3.82. The van der Waals surface area contributed by atoms with Crippen molar-refractivity contribution < 1.29 is 18.7 Å². The van der Waals surface area contributed by atoms with Gasteiger partial charge in [0.05, 0.1) is 17.9 Å². The normalized spacial score (nSPS) is 13.8. The maximum absolute atomic E-state index is 12.5. The van der Waals surface area contributed by atoms with Crippen LogP contribution in [0.2, 0.25) is 0 Å². The number of aryl methyl sites for hydroxylation is 1. The molecule has 7 nitrogen and oxygen atoms in total. The van der Waals surface area contributed by atoms with Crippen molar-refractivity contribution >= 4 is 17.5 Å². The van der Waals surface area contributed by atoms with Crippen molar-refractivity contribution in [2.45, 2.75) is 46.1 Å². The Bertz CT molecular complexity index is 1130. The van der Waals surface area contributed by atoms with E-state index in [9.17, 15) is 9.59 Å². The number of aromatic nitrogens is 1. The van der Waals surface area contributed by atoms with Crippen LogP contribution in [-0.2, 0) is 22.4 Å². The molecule has 3 aromatic rings. The summed E-state index contributed by atoms with van der Waals surface area (Å²) in [5.41, 5.74) is 3.78. The van der Waals surface area contributed by atoms with Crippen LogP contribution in [-0.4, -0.2) is 23.4 Å². The summed E-state index contributed by atoms with van der Waals surface area (Å²) in [6.45, 7) is 6.32. The summed E-state index contributed by atoms with van der Waals surface area (Å²) in [5, 5.41) is 5.77. The molecule has 1 aliphatic rings. The van der Waals surface area contributed by atoms with Gasteiger partial charge in [0.2, 0.25) is 5.91 Å². The Kier molecular flexibility index (Phi) is 6.77. The number of rotatable bonds is 8. The second-order valence-corrected chi connectivity index (χ2v) is 8.79. The summed E-state index contributed by atoms with van der Waals surface area (Å²) in [5.74, 6) is 2.20. The summed E-state index contributed by atoms with van der Waals surface area (Å²) in [6, 6.07) is 13.6. The van der Waals surface area contributed by atoms with Crippen molar-refractivity contribution in [3.8, 4) is 17.1 Å². The number of benzene rings is 2. The Labute approximate surface area is 193 Å². The van der Waals surface area contributed by atoms with Crippen LogP contribution in [0.25, 0.3) is 11.3 Å². The van der Waals surface area contributed by atoms with Gasteiger partial charge in [-0.1, -0.05) is 44.2 Å². The second-order valence-electron chi connectivity index (χ2n) is 8.79. The van der Waals surface area contributed by atoms with Crippen LogP contribution in [0.5, 0.6) is 5.75 Å². The minimum Gasteiger partial charge on any atom is -0.482 e. The number of nitrogens with zero attached hydrogens (tertiary/aromatic N) is 1. The van der Waals surface area contributed by atoms with Crippen molar-refractivity contribution in [3.05, 3.63) is 65.7 Å². The van der Waals surface area contributed by atoms with Gasteiger partial charge in [0, 0.05) is 18.4 Å². The number of oxazole rings is 1. The van der Waals surface area contributed by atoms with Gasteiger partial charge in [0.15, 0.2) is 18.3 Å². The number of carbonyl (C=O) groups excluding carboxylic acids is 2. The smallest absolute Gasteiger partial charge is 0.262 e. The lowest BCUT2D eigenvalue weighted by Gasteiger charge is -2.21. The first-order valence-corrected chi connectivity index (χ1v) is 11.3. The van der Waals surface area contributed by atoms with Gasteiger partial charge in [-0.15, -0.1) is 0 Å². The quantitative estimate of drug-likeness (QED) is 0.523. The van der Waals surface area contributed by atoms with Gasteiger partial charge in [-0.2, -0.15) is 0 Å². The lowest BCUT2D eigenvalue weighted by molar-refractivity contribution is -0.122. The Balaban J connectivity index is 1.30. The molecule has 172 valence electrons. The molecule has 1 aromatic heterocycles. The van der Waals surface area contributed by atoms with Crippen LogP contribution in [0.3, 0.4) is 0 Å². The van der Waals surface area contributed by atoms with Crippen LogP contribution in [0, 0.1) is 5.92 Å². The highest BCUT2D eigenvalue weighted by Crippen LogP contribution is 2.30. The maximum atomic E-state index is 12.5. The molecule has 1 aliphatic heterocycles. The van der Waals surface area contributed by atoms with Crippen LogP contribution < -0.4 is 15.4 Å². The van der Waals surface area contributed by atoms with E-state index in [1.165, 1.54) is 5.56 Å². The van der Waals surface area contributed by atoms with Crippen LogP contribution >= 0.6 is 0 Å². The Morgan fingerprint density at radius 3 is 2.70 bits per heavy atom. The Hall–Kier alpha value is -3.61. The number of fused-ring (bicyclic) bond motifs is 1. The van der Waals surface area contributed by atoms with E-state index in [-0.39, 0.29) is 30.9 Å². The monoisotopic (exact) mass is 447 g/mol. The third-order valence-corrected chi connectivity index (χ3v) is 5.52. The van der Waals surface area contributed by atoms with E-state index < -0.39 is 0 Å². The van der Waals surface area contributed by atoms with Crippen molar-refractivity contribution in [3.63, 3.8) is 0 Å². The first-order valence-electron chi connectivity index (χ1n) is 11.3. The van der Waals surface area contributed by atoms with E-state index in [0.717, 1.165) is 17.5 Å². The number of ether oxygens (including phenoxy) is 1. The molecule has 2 aromatic carbocycles. The van der Waals surface area contributed by atoms with Gasteiger partial charge in [-0.3, -0.25) is 9.59 Å². The van der Waals surface area contributed by atoms with Crippen LogP contribution in [0.15, 0.2) is 53.1 Å². The van der Waals surface area contributed by atoms with Gasteiger partial charge in [0.1, 0.15) is 5.75 Å². The molecule has 1 unspecified atom stereocenters. The van der Waals surface area contributed by atoms with Gasteiger partial charge in [-0.05, 0) is 42.5 Å². The van der Waals surface area contributed by atoms with Crippen LogP contribution in [0.1, 0.15) is 50.3 Å².